The van der Waals surface area contributed by atoms with Gasteiger partial charge in [-0.2, -0.15) is 4.98 Å². The molecule has 156 valence electrons. The lowest BCUT2D eigenvalue weighted by molar-refractivity contribution is 0.0938. The lowest BCUT2D eigenvalue weighted by atomic mass is 10.2. The van der Waals surface area contributed by atoms with Gasteiger partial charge in [-0.3, -0.25) is 13.9 Å². The van der Waals surface area contributed by atoms with E-state index in [-0.39, 0.29) is 30.4 Å². The molecule has 0 aliphatic rings. The van der Waals surface area contributed by atoms with E-state index in [0.29, 0.717) is 11.7 Å². The van der Waals surface area contributed by atoms with Gasteiger partial charge in [0.15, 0.2) is 11.2 Å². The van der Waals surface area contributed by atoms with Crippen LogP contribution in [-0.2, 0) is 20.6 Å². The normalized spacial score (nSPS) is 12.5. The van der Waals surface area contributed by atoms with E-state index < -0.39 is 17.4 Å². The first-order valence-corrected chi connectivity index (χ1v) is 9.49. The molecule has 3 aromatic rings. The molecule has 0 unspecified atom stereocenters. The second-order valence-electron chi connectivity index (χ2n) is 7.50. The van der Waals surface area contributed by atoms with Crippen molar-refractivity contribution >= 4 is 17.1 Å². The topological polar surface area (TPSA) is 103 Å². The summed E-state index contributed by atoms with van der Waals surface area (Å²) in [6, 6.07) is 7.59. The minimum absolute atomic E-state index is 0.0485. The fraction of sp³-hybridized carbons (Fsp3) is 0.450. The van der Waals surface area contributed by atoms with Crippen molar-refractivity contribution in [2.24, 2.45) is 14.1 Å². The van der Waals surface area contributed by atoms with Gasteiger partial charge in [0.2, 0.25) is 5.95 Å². The van der Waals surface area contributed by atoms with E-state index in [1.165, 1.54) is 11.6 Å². The first-order chi connectivity index (χ1) is 13.7. The van der Waals surface area contributed by atoms with Crippen LogP contribution < -0.4 is 21.3 Å². The molecule has 1 aromatic carbocycles. The minimum Gasteiger partial charge on any atom is -0.491 e. The summed E-state index contributed by atoms with van der Waals surface area (Å²) in [5.74, 6) is 1.08. The summed E-state index contributed by atoms with van der Waals surface area (Å²) >= 11 is 0. The van der Waals surface area contributed by atoms with Crippen LogP contribution >= 0.6 is 0 Å². The van der Waals surface area contributed by atoms with Gasteiger partial charge in [-0.1, -0.05) is 17.7 Å². The molecule has 3 rings (SSSR count). The summed E-state index contributed by atoms with van der Waals surface area (Å²) in [5.41, 5.74) is 0.735. The second-order valence-corrected chi connectivity index (χ2v) is 7.50. The fourth-order valence-corrected chi connectivity index (χ4v) is 3.08. The number of rotatable bonds is 7. The van der Waals surface area contributed by atoms with E-state index in [1.807, 2.05) is 45.0 Å². The number of aliphatic hydroxyl groups is 1. The van der Waals surface area contributed by atoms with Crippen LogP contribution in [0.15, 0.2) is 33.9 Å². The Labute approximate surface area is 168 Å². The first-order valence-electron chi connectivity index (χ1n) is 9.49. The van der Waals surface area contributed by atoms with E-state index in [1.54, 1.807) is 11.6 Å². The number of nitrogens with zero attached hydrogens (tertiary/aromatic N) is 4. The highest BCUT2D eigenvalue weighted by Gasteiger charge is 2.21. The van der Waals surface area contributed by atoms with Gasteiger partial charge < -0.3 is 19.7 Å². The standard InChI is InChI=1S/C20H27N5O4/c1-12(2)21-19-22-17-16(18(27)24(5)20(28)23(17)4)25(19)10-14(26)11-29-15-8-6-13(3)7-9-15/h6-9,12,14,26H,10-11H2,1-5H3,(H,21,22)/t14-/m0/s1. The van der Waals surface area contributed by atoms with Gasteiger partial charge in [0.1, 0.15) is 18.5 Å². The van der Waals surface area contributed by atoms with E-state index in [0.717, 1.165) is 10.1 Å². The Bertz CT molecular complexity index is 1120. The summed E-state index contributed by atoms with van der Waals surface area (Å²) in [4.78, 5) is 29.4. The molecule has 2 heterocycles. The Kier molecular flexibility index (Phi) is 5.78. The monoisotopic (exact) mass is 401 g/mol. The van der Waals surface area contributed by atoms with Gasteiger partial charge in [-0.05, 0) is 32.9 Å². The molecule has 0 spiro atoms. The van der Waals surface area contributed by atoms with Crippen LogP contribution in [0, 0.1) is 6.92 Å². The number of anilines is 1. The molecule has 0 saturated heterocycles. The Balaban J connectivity index is 1.94. The van der Waals surface area contributed by atoms with E-state index in [9.17, 15) is 14.7 Å². The Morgan fingerprint density at radius 3 is 2.41 bits per heavy atom. The molecular formula is C20H27N5O4. The number of aromatic nitrogens is 4. The van der Waals surface area contributed by atoms with Crippen molar-refractivity contribution in [3.05, 3.63) is 50.7 Å². The average molecular weight is 401 g/mol. The lowest BCUT2D eigenvalue weighted by Crippen LogP contribution is -2.38. The molecule has 0 fully saturated rings. The van der Waals surface area contributed by atoms with Crippen LogP contribution in [0.4, 0.5) is 5.95 Å². The van der Waals surface area contributed by atoms with Gasteiger partial charge in [0.05, 0.1) is 6.54 Å². The van der Waals surface area contributed by atoms with Crippen LogP contribution in [0.2, 0.25) is 0 Å². The summed E-state index contributed by atoms with van der Waals surface area (Å²) in [6.45, 7) is 6.01. The zero-order chi connectivity index (χ0) is 21.3. The number of imidazole rings is 1. The smallest absolute Gasteiger partial charge is 0.332 e. The zero-order valence-corrected chi connectivity index (χ0v) is 17.3. The van der Waals surface area contributed by atoms with E-state index >= 15 is 0 Å². The minimum atomic E-state index is -0.886. The van der Waals surface area contributed by atoms with Crippen LogP contribution in [0.1, 0.15) is 19.4 Å². The SMILES string of the molecule is Cc1ccc(OC[C@@H](O)Cn2c(NC(C)C)nc3c2c(=O)n(C)c(=O)n3C)cc1. The van der Waals surface area contributed by atoms with Crippen molar-refractivity contribution in [2.45, 2.75) is 39.5 Å². The van der Waals surface area contributed by atoms with E-state index in [4.69, 9.17) is 4.74 Å². The molecule has 29 heavy (non-hydrogen) atoms. The van der Waals surface area contributed by atoms with Crippen LogP contribution in [0.25, 0.3) is 11.2 Å². The van der Waals surface area contributed by atoms with Gasteiger partial charge >= 0.3 is 5.69 Å². The van der Waals surface area contributed by atoms with Gasteiger partial charge in [-0.15, -0.1) is 0 Å². The molecule has 2 aromatic heterocycles. The molecular weight excluding hydrogens is 374 g/mol. The zero-order valence-electron chi connectivity index (χ0n) is 17.3. The third-order valence-corrected chi connectivity index (χ3v) is 4.62. The number of aryl methyl sites for hydroxylation is 2. The van der Waals surface area contributed by atoms with Crippen molar-refractivity contribution < 1.29 is 9.84 Å². The highest BCUT2D eigenvalue weighted by molar-refractivity contribution is 5.74. The first kappa shape index (κ1) is 20.7. The maximum Gasteiger partial charge on any atom is 0.332 e. The molecule has 0 radical (unpaired) electrons. The fourth-order valence-electron chi connectivity index (χ4n) is 3.08. The number of hydrogen-bond acceptors (Lipinski definition) is 6. The lowest BCUT2D eigenvalue weighted by Gasteiger charge is -2.17. The Morgan fingerprint density at radius 1 is 1.14 bits per heavy atom. The number of hydrogen-bond donors (Lipinski definition) is 2. The summed E-state index contributed by atoms with van der Waals surface area (Å²) in [5, 5.41) is 13.7. The third-order valence-electron chi connectivity index (χ3n) is 4.62. The predicted octanol–water partition coefficient (Wildman–Crippen LogP) is 1.00. The molecule has 2 N–H and O–H groups in total. The molecule has 0 saturated carbocycles. The molecule has 0 aliphatic heterocycles. The Hall–Kier alpha value is -3.07. The van der Waals surface area contributed by atoms with Crippen LogP contribution in [0.3, 0.4) is 0 Å². The van der Waals surface area contributed by atoms with Gasteiger partial charge in [0.25, 0.3) is 5.56 Å². The third kappa shape index (κ3) is 4.19. The number of ether oxygens (including phenoxy) is 1. The van der Waals surface area contributed by atoms with Crippen molar-refractivity contribution in [3.8, 4) is 5.75 Å². The molecule has 0 aliphatic carbocycles. The van der Waals surface area contributed by atoms with Crippen LogP contribution in [-0.4, -0.2) is 42.5 Å². The van der Waals surface area contributed by atoms with Crippen LogP contribution in [0.5, 0.6) is 5.75 Å². The number of aliphatic hydroxyl groups excluding tert-OH is 1. The maximum atomic E-state index is 12.8. The summed E-state index contributed by atoms with van der Waals surface area (Å²) < 4.78 is 9.63. The average Bonchev–Trinajstić information content (AvgIpc) is 3.01. The number of nitrogens with one attached hydrogen (secondary N) is 1. The predicted molar refractivity (Wildman–Crippen MR) is 112 cm³/mol. The molecule has 0 bridgehead atoms. The highest BCUT2D eigenvalue weighted by atomic mass is 16.5. The largest absolute Gasteiger partial charge is 0.491 e. The molecule has 9 nitrogen and oxygen atoms in total. The number of benzene rings is 1. The molecule has 9 heteroatoms. The van der Waals surface area contributed by atoms with Crippen molar-refractivity contribution in [2.75, 3.05) is 11.9 Å². The highest BCUT2D eigenvalue weighted by Crippen LogP contribution is 2.18. The molecule has 1 atom stereocenters. The summed E-state index contributed by atoms with van der Waals surface area (Å²) in [6.07, 6.45) is -0.886. The van der Waals surface area contributed by atoms with Gasteiger partial charge in [-0.25, -0.2) is 4.79 Å². The molecule has 0 amide bonds. The van der Waals surface area contributed by atoms with Crippen molar-refractivity contribution in [3.63, 3.8) is 0 Å². The van der Waals surface area contributed by atoms with Gasteiger partial charge in [0, 0.05) is 20.1 Å². The van der Waals surface area contributed by atoms with E-state index in [2.05, 4.69) is 10.3 Å². The van der Waals surface area contributed by atoms with Crippen molar-refractivity contribution in [1.29, 1.82) is 0 Å². The summed E-state index contributed by atoms with van der Waals surface area (Å²) in [7, 11) is 2.99. The van der Waals surface area contributed by atoms with Crippen molar-refractivity contribution in [1.82, 2.24) is 18.7 Å². The second kappa shape index (κ2) is 8.12. The number of fused-ring (bicyclic) bond motifs is 1. The Morgan fingerprint density at radius 2 is 1.79 bits per heavy atom. The quantitative estimate of drug-likeness (QED) is 0.612. The maximum absolute atomic E-state index is 12.8.